The van der Waals surface area contributed by atoms with Crippen LogP contribution in [0.5, 0.6) is 0 Å². The Morgan fingerprint density at radius 2 is 0.907 bits per heavy atom. The van der Waals surface area contributed by atoms with Gasteiger partial charge in [-0.3, -0.25) is 0 Å². The highest BCUT2D eigenvalue weighted by molar-refractivity contribution is 6.28. The molecule has 0 fully saturated rings. The fourth-order valence-corrected chi connectivity index (χ4v) is 6.39. The molecule has 0 atom stereocenters. The van der Waals surface area contributed by atoms with Crippen LogP contribution in [0, 0.1) is 0 Å². The summed E-state index contributed by atoms with van der Waals surface area (Å²) in [6, 6.07) is 45.0. The minimum Gasteiger partial charge on any atom is -0.309 e. The van der Waals surface area contributed by atoms with Crippen molar-refractivity contribution in [2.24, 2.45) is 0 Å². The highest BCUT2D eigenvalue weighted by Crippen LogP contribution is 2.41. The maximum atomic E-state index is 4.94. The molecule has 0 aliphatic carbocycles. The maximum Gasteiger partial charge on any atom is 0.198 e. The molecule has 3 heterocycles. The monoisotopic (exact) mass is 549 g/mol. The van der Waals surface area contributed by atoms with Crippen LogP contribution in [0.15, 0.2) is 140 Å². The van der Waals surface area contributed by atoms with Crippen molar-refractivity contribution >= 4 is 54.6 Å². The molecule has 0 saturated carbocycles. The van der Waals surface area contributed by atoms with Gasteiger partial charge in [0.15, 0.2) is 11.3 Å². The second-order valence-electron chi connectivity index (χ2n) is 10.7. The summed E-state index contributed by atoms with van der Waals surface area (Å²) in [5.74, 6) is 0. The molecule has 0 N–H and O–H groups in total. The van der Waals surface area contributed by atoms with E-state index in [4.69, 9.17) is 9.97 Å². The first-order valence-electron chi connectivity index (χ1n) is 14.3. The zero-order valence-corrected chi connectivity index (χ0v) is 23.0. The van der Waals surface area contributed by atoms with E-state index < -0.39 is 0 Å². The molecule has 3 aromatic heterocycles. The Kier molecular flexibility index (Phi) is 5.13. The summed E-state index contributed by atoms with van der Waals surface area (Å²) in [7, 11) is 0. The van der Waals surface area contributed by atoms with E-state index in [0.29, 0.717) is 11.3 Å². The summed E-state index contributed by atoms with van der Waals surface area (Å²) in [6.45, 7) is 0. The predicted octanol–water partition coefficient (Wildman–Crippen LogP) is 9.16. The van der Waals surface area contributed by atoms with E-state index >= 15 is 0 Å². The summed E-state index contributed by atoms with van der Waals surface area (Å²) in [4.78, 5) is 18.7. The van der Waals surface area contributed by atoms with Gasteiger partial charge in [0.1, 0.15) is 0 Å². The number of rotatable bonds is 3. The number of fused-ring (bicyclic) bond motifs is 8. The smallest absolute Gasteiger partial charge is 0.198 e. The Morgan fingerprint density at radius 3 is 1.47 bits per heavy atom. The van der Waals surface area contributed by atoms with E-state index in [0.717, 1.165) is 28.2 Å². The van der Waals surface area contributed by atoms with Crippen molar-refractivity contribution in [2.75, 3.05) is 0 Å². The van der Waals surface area contributed by atoms with E-state index in [1.807, 2.05) is 18.2 Å². The zero-order chi connectivity index (χ0) is 28.3. The topological polar surface area (TPSA) is 56.5 Å². The molecule has 9 rings (SSSR count). The highest BCUT2D eigenvalue weighted by Gasteiger charge is 2.18. The third kappa shape index (κ3) is 3.65. The molecule has 5 heteroatoms. The summed E-state index contributed by atoms with van der Waals surface area (Å²) in [6.07, 6.45) is 3.31. The van der Waals surface area contributed by atoms with E-state index in [2.05, 4.69) is 124 Å². The fraction of sp³-hybridized carbons (Fsp3) is 0. The van der Waals surface area contributed by atoms with Crippen molar-refractivity contribution in [2.45, 2.75) is 0 Å². The molecule has 0 bridgehead atoms. The minimum absolute atomic E-state index is 0.530. The van der Waals surface area contributed by atoms with Gasteiger partial charge in [-0.15, -0.1) is 0 Å². The normalized spacial score (nSPS) is 11.7. The molecule has 0 amide bonds. The third-order valence-electron chi connectivity index (χ3n) is 8.31. The number of aromatic nitrogens is 5. The quantitative estimate of drug-likeness (QED) is 0.220. The van der Waals surface area contributed by atoms with Crippen LogP contribution >= 0.6 is 0 Å². The van der Waals surface area contributed by atoms with E-state index in [-0.39, 0.29) is 0 Å². The maximum absolute atomic E-state index is 4.94. The Balaban J connectivity index is 1.29. The molecule has 0 aliphatic rings. The first-order valence-corrected chi connectivity index (χ1v) is 14.3. The van der Waals surface area contributed by atoms with Gasteiger partial charge in [-0.1, -0.05) is 103 Å². The Morgan fingerprint density at radius 1 is 0.419 bits per heavy atom. The van der Waals surface area contributed by atoms with Crippen LogP contribution in [-0.4, -0.2) is 24.5 Å². The van der Waals surface area contributed by atoms with Crippen LogP contribution in [0.3, 0.4) is 0 Å². The second-order valence-corrected chi connectivity index (χ2v) is 10.7. The van der Waals surface area contributed by atoms with Gasteiger partial charge >= 0.3 is 0 Å². The summed E-state index contributed by atoms with van der Waals surface area (Å²) < 4.78 is 2.38. The lowest BCUT2D eigenvalue weighted by Crippen LogP contribution is -1.99. The summed E-state index contributed by atoms with van der Waals surface area (Å²) >= 11 is 0. The van der Waals surface area contributed by atoms with Gasteiger partial charge < -0.3 is 4.57 Å². The van der Waals surface area contributed by atoms with Crippen LogP contribution in [0.4, 0.5) is 0 Å². The molecule has 0 unspecified atom stereocenters. The van der Waals surface area contributed by atoms with Gasteiger partial charge in [0.25, 0.3) is 0 Å². The molecule has 0 aliphatic heterocycles. The first-order chi connectivity index (χ1) is 21.3. The van der Waals surface area contributed by atoms with E-state index in [1.54, 1.807) is 12.4 Å². The molecular formula is C38H23N5. The summed E-state index contributed by atoms with van der Waals surface area (Å²) in [5.41, 5.74) is 8.05. The third-order valence-corrected chi connectivity index (χ3v) is 8.31. The van der Waals surface area contributed by atoms with Crippen LogP contribution in [-0.2, 0) is 0 Å². The molecule has 5 nitrogen and oxygen atoms in total. The lowest BCUT2D eigenvalue weighted by Gasteiger charge is -2.12. The van der Waals surface area contributed by atoms with Crippen molar-refractivity contribution in [1.29, 1.82) is 0 Å². The van der Waals surface area contributed by atoms with Gasteiger partial charge in [0.2, 0.25) is 0 Å². The Labute approximate surface area is 246 Å². The molecule has 0 radical (unpaired) electrons. The predicted molar refractivity (Wildman–Crippen MR) is 175 cm³/mol. The van der Waals surface area contributed by atoms with Gasteiger partial charge in [-0.05, 0) is 45.8 Å². The Bertz CT molecular complexity index is 2400. The van der Waals surface area contributed by atoms with Gasteiger partial charge in [0, 0.05) is 40.0 Å². The number of hydrogen-bond donors (Lipinski definition) is 0. The number of hydrogen-bond acceptors (Lipinski definition) is 4. The lowest BCUT2D eigenvalue weighted by molar-refractivity contribution is 1.16. The van der Waals surface area contributed by atoms with Gasteiger partial charge in [-0.25, -0.2) is 19.9 Å². The van der Waals surface area contributed by atoms with Crippen LogP contribution in [0.25, 0.3) is 82.8 Å². The SMILES string of the molecule is c1ccc(-c2nc3nccnc3nc2-c2ccc(-n3c4ccc5ccccc5c4c4c5ccccc5ccc43)cc2)cc1. The fourth-order valence-electron chi connectivity index (χ4n) is 6.39. The molecule has 43 heavy (non-hydrogen) atoms. The molecule has 6 aromatic carbocycles. The first kappa shape index (κ1) is 23.7. The Hall–Kier alpha value is -5.94. The average Bonchev–Trinajstić information content (AvgIpc) is 3.43. The van der Waals surface area contributed by atoms with Crippen molar-refractivity contribution in [1.82, 2.24) is 24.5 Å². The van der Waals surface area contributed by atoms with Gasteiger partial charge in [0.05, 0.1) is 22.4 Å². The van der Waals surface area contributed by atoms with Crippen molar-refractivity contribution in [3.05, 3.63) is 140 Å². The van der Waals surface area contributed by atoms with Gasteiger partial charge in [-0.2, -0.15) is 0 Å². The standard InChI is InChI=1S/C38H23N5/c1-2-10-26(11-3-1)35-36(42-38-37(41-35)39-22-23-40-38)27-14-18-28(19-15-27)43-31-20-16-24-8-4-6-12-29(24)33(31)34-30-13-7-5-9-25(30)17-21-32(34)43/h1-23H. The number of nitrogens with zero attached hydrogens (tertiary/aromatic N) is 5. The van der Waals surface area contributed by atoms with Crippen molar-refractivity contribution in [3.63, 3.8) is 0 Å². The van der Waals surface area contributed by atoms with E-state index in [9.17, 15) is 0 Å². The highest BCUT2D eigenvalue weighted by atomic mass is 15.0. The van der Waals surface area contributed by atoms with E-state index in [1.165, 1.54) is 43.4 Å². The van der Waals surface area contributed by atoms with Crippen LogP contribution in [0.2, 0.25) is 0 Å². The molecular weight excluding hydrogens is 526 g/mol. The number of benzene rings is 6. The van der Waals surface area contributed by atoms with Crippen molar-refractivity contribution < 1.29 is 0 Å². The second kappa shape index (κ2) is 9.29. The zero-order valence-electron chi connectivity index (χ0n) is 23.0. The molecule has 9 aromatic rings. The molecule has 0 spiro atoms. The average molecular weight is 550 g/mol. The minimum atomic E-state index is 0.530. The largest absolute Gasteiger partial charge is 0.309 e. The molecule has 200 valence electrons. The lowest BCUT2D eigenvalue weighted by atomic mass is 10.00. The molecule has 0 saturated heterocycles. The summed E-state index contributed by atoms with van der Waals surface area (Å²) in [5, 5.41) is 7.56. The van der Waals surface area contributed by atoms with Crippen molar-refractivity contribution in [3.8, 4) is 28.2 Å². The van der Waals surface area contributed by atoms with Crippen LogP contribution < -0.4 is 0 Å². The van der Waals surface area contributed by atoms with Crippen LogP contribution in [0.1, 0.15) is 0 Å².